The first-order chi connectivity index (χ1) is 13.0. The highest BCUT2D eigenvalue weighted by Gasteiger charge is 2.21. The van der Waals surface area contributed by atoms with Gasteiger partial charge in [0.15, 0.2) is 0 Å². The van der Waals surface area contributed by atoms with E-state index in [0.717, 1.165) is 3.97 Å². The summed E-state index contributed by atoms with van der Waals surface area (Å²) in [6, 6.07) is 15.5. The molecule has 142 valence electrons. The zero-order valence-corrected chi connectivity index (χ0v) is 15.7. The molecule has 0 aliphatic rings. The lowest BCUT2D eigenvalue weighted by Gasteiger charge is -2.13. The number of ether oxygens (including phenoxy) is 2. The van der Waals surface area contributed by atoms with Crippen molar-refractivity contribution in [1.82, 2.24) is 3.97 Å². The normalized spacial score (nSPS) is 11.5. The van der Waals surface area contributed by atoms with E-state index in [2.05, 4.69) is 0 Å². The van der Waals surface area contributed by atoms with Gasteiger partial charge >= 0.3 is 0 Å². The molecule has 0 radical (unpaired) electrons. The number of benzene rings is 2. The fourth-order valence-corrected chi connectivity index (χ4v) is 4.08. The van der Waals surface area contributed by atoms with Crippen LogP contribution in [0.5, 0.6) is 5.75 Å². The molecule has 0 aliphatic heterocycles. The number of halogens is 1. The third-order valence-corrected chi connectivity index (χ3v) is 5.67. The topological polar surface area (TPSA) is 57.5 Å². The van der Waals surface area contributed by atoms with Gasteiger partial charge in [-0.1, -0.05) is 18.2 Å². The van der Waals surface area contributed by atoms with Crippen molar-refractivity contribution in [2.24, 2.45) is 0 Å². The van der Waals surface area contributed by atoms with E-state index < -0.39 is 15.8 Å². The van der Waals surface area contributed by atoms with Gasteiger partial charge in [-0.3, -0.25) is 0 Å². The molecule has 3 rings (SSSR count). The van der Waals surface area contributed by atoms with Gasteiger partial charge in [-0.25, -0.2) is 16.8 Å². The number of aromatic nitrogens is 1. The van der Waals surface area contributed by atoms with Gasteiger partial charge < -0.3 is 9.47 Å². The summed E-state index contributed by atoms with van der Waals surface area (Å²) in [6.45, 7) is 0.981. The predicted octanol–water partition coefficient (Wildman–Crippen LogP) is 3.95. The Labute approximate surface area is 158 Å². The first kappa shape index (κ1) is 19.1. The largest absolute Gasteiger partial charge is 0.493 e. The summed E-state index contributed by atoms with van der Waals surface area (Å²) in [4.78, 5) is 0.0699. The summed E-state index contributed by atoms with van der Waals surface area (Å²) in [5.41, 5.74) is 0.484. The molecule has 3 aromatic rings. The molecule has 0 saturated carbocycles. The van der Waals surface area contributed by atoms with E-state index in [1.165, 1.54) is 24.4 Å². The van der Waals surface area contributed by atoms with Gasteiger partial charge in [0.2, 0.25) is 0 Å². The Morgan fingerprint density at radius 2 is 1.81 bits per heavy atom. The lowest BCUT2D eigenvalue weighted by molar-refractivity contribution is 0.172. The maximum absolute atomic E-state index is 14.2. The molecular formula is C20H20FNO4S. The van der Waals surface area contributed by atoms with Gasteiger partial charge in [0.25, 0.3) is 10.0 Å². The molecular weight excluding hydrogens is 369 g/mol. The van der Waals surface area contributed by atoms with Crippen LogP contribution in [0.25, 0.3) is 11.3 Å². The van der Waals surface area contributed by atoms with Gasteiger partial charge in [-0.15, -0.1) is 0 Å². The molecule has 2 aromatic carbocycles. The molecule has 0 bridgehead atoms. The molecule has 0 fully saturated rings. The minimum atomic E-state index is -3.90. The standard InChI is InChI=1S/C20H20FNO4S/c1-25-13-6-14-26-16-7-4-8-17(15-16)27(23,24)22-12-5-11-20(22)18-9-2-3-10-19(18)21/h2-5,7-12,15H,6,13-14H2,1H3. The molecule has 0 N–H and O–H groups in total. The van der Waals surface area contributed by atoms with Gasteiger partial charge in [0.1, 0.15) is 11.6 Å². The van der Waals surface area contributed by atoms with E-state index in [1.807, 2.05) is 0 Å². The minimum absolute atomic E-state index is 0.0699. The number of hydrogen-bond acceptors (Lipinski definition) is 4. The lowest BCUT2D eigenvalue weighted by atomic mass is 10.1. The molecule has 0 spiro atoms. The van der Waals surface area contributed by atoms with Gasteiger partial charge in [-0.2, -0.15) is 0 Å². The molecule has 0 unspecified atom stereocenters. The highest BCUT2D eigenvalue weighted by atomic mass is 32.2. The quantitative estimate of drug-likeness (QED) is 0.548. The van der Waals surface area contributed by atoms with Crippen LogP contribution < -0.4 is 4.74 Å². The summed E-state index contributed by atoms with van der Waals surface area (Å²) in [7, 11) is -2.30. The zero-order valence-electron chi connectivity index (χ0n) is 14.8. The molecule has 27 heavy (non-hydrogen) atoms. The van der Waals surface area contributed by atoms with Crippen LogP contribution >= 0.6 is 0 Å². The average molecular weight is 389 g/mol. The first-order valence-electron chi connectivity index (χ1n) is 8.43. The fraction of sp³-hybridized carbons (Fsp3) is 0.200. The first-order valence-corrected chi connectivity index (χ1v) is 9.87. The van der Waals surface area contributed by atoms with E-state index in [0.29, 0.717) is 25.4 Å². The lowest BCUT2D eigenvalue weighted by Crippen LogP contribution is -2.13. The van der Waals surface area contributed by atoms with Gasteiger partial charge in [-0.05, 0) is 36.4 Å². The third kappa shape index (κ3) is 4.20. The van der Waals surface area contributed by atoms with Crippen LogP contribution in [0.15, 0.2) is 71.8 Å². The zero-order chi connectivity index (χ0) is 19.3. The van der Waals surface area contributed by atoms with Crippen LogP contribution in [0, 0.1) is 5.82 Å². The second-order valence-electron chi connectivity index (χ2n) is 5.84. The van der Waals surface area contributed by atoms with Crippen LogP contribution in [0.2, 0.25) is 0 Å². The van der Waals surface area contributed by atoms with Crippen LogP contribution in [0.4, 0.5) is 4.39 Å². The number of nitrogens with zero attached hydrogens (tertiary/aromatic N) is 1. The van der Waals surface area contributed by atoms with Crippen molar-refractivity contribution in [2.75, 3.05) is 20.3 Å². The summed E-state index contributed by atoms with van der Waals surface area (Å²) < 4.78 is 52.0. The molecule has 0 aliphatic carbocycles. The van der Waals surface area contributed by atoms with E-state index in [4.69, 9.17) is 9.47 Å². The molecule has 1 aromatic heterocycles. The van der Waals surface area contributed by atoms with Gasteiger partial charge in [0.05, 0.1) is 17.2 Å². The minimum Gasteiger partial charge on any atom is -0.493 e. The van der Waals surface area contributed by atoms with E-state index in [1.54, 1.807) is 49.6 Å². The van der Waals surface area contributed by atoms with Crippen LogP contribution in [-0.4, -0.2) is 32.7 Å². The Kier molecular flexibility index (Phi) is 5.93. The van der Waals surface area contributed by atoms with Crippen LogP contribution in [0.1, 0.15) is 6.42 Å². The third-order valence-electron chi connectivity index (χ3n) is 3.99. The predicted molar refractivity (Wildman–Crippen MR) is 101 cm³/mol. The Bertz CT molecular complexity index is 1010. The number of rotatable bonds is 8. The van der Waals surface area contributed by atoms with Crippen molar-refractivity contribution in [3.63, 3.8) is 0 Å². The Hall–Kier alpha value is -2.64. The average Bonchev–Trinajstić information content (AvgIpc) is 3.16. The van der Waals surface area contributed by atoms with Crippen molar-refractivity contribution in [3.8, 4) is 17.0 Å². The summed E-state index contributed by atoms with van der Waals surface area (Å²) in [5, 5.41) is 0. The van der Waals surface area contributed by atoms with Crippen LogP contribution in [-0.2, 0) is 14.8 Å². The van der Waals surface area contributed by atoms with Crippen molar-refractivity contribution >= 4 is 10.0 Å². The van der Waals surface area contributed by atoms with Crippen molar-refractivity contribution in [3.05, 3.63) is 72.7 Å². The van der Waals surface area contributed by atoms with E-state index >= 15 is 0 Å². The summed E-state index contributed by atoms with van der Waals surface area (Å²) >= 11 is 0. The molecule has 0 saturated heterocycles. The Morgan fingerprint density at radius 3 is 2.59 bits per heavy atom. The summed E-state index contributed by atoms with van der Waals surface area (Å²) in [6.07, 6.45) is 2.10. The molecule has 1 heterocycles. The monoisotopic (exact) mass is 389 g/mol. The Balaban J connectivity index is 1.92. The number of methoxy groups -OCH3 is 1. The van der Waals surface area contributed by atoms with Crippen molar-refractivity contribution < 1.29 is 22.3 Å². The van der Waals surface area contributed by atoms with E-state index in [-0.39, 0.29) is 16.2 Å². The molecule has 0 atom stereocenters. The van der Waals surface area contributed by atoms with Crippen molar-refractivity contribution in [2.45, 2.75) is 11.3 Å². The summed E-state index contributed by atoms with van der Waals surface area (Å²) in [5.74, 6) is -0.0327. The smallest absolute Gasteiger partial charge is 0.268 e. The van der Waals surface area contributed by atoms with Crippen LogP contribution in [0.3, 0.4) is 0 Å². The molecule has 0 amide bonds. The highest BCUT2D eigenvalue weighted by molar-refractivity contribution is 7.90. The molecule has 7 heteroatoms. The van der Waals surface area contributed by atoms with Gasteiger partial charge in [0, 0.05) is 38.0 Å². The highest BCUT2D eigenvalue weighted by Crippen LogP contribution is 2.28. The number of hydrogen-bond donors (Lipinski definition) is 0. The maximum atomic E-state index is 14.2. The second kappa shape index (κ2) is 8.37. The second-order valence-corrected chi connectivity index (χ2v) is 7.66. The maximum Gasteiger partial charge on any atom is 0.268 e. The van der Waals surface area contributed by atoms with E-state index in [9.17, 15) is 12.8 Å². The SMILES string of the molecule is COCCCOc1cccc(S(=O)(=O)n2cccc2-c2ccccc2F)c1. The fourth-order valence-electron chi connectivity index (χ4n) is 2.68. The van der Waals surface area contributed by atoms with Crippen molar-refractivity contribution in [1.29, 1.82) is 0 Å². The Morgan fingerprint density at radius 1 is 1.00 bits per heavy atom. The molecule has 5 nitrogen and oxygen atoms in total.